The maximum atomic E-state index is 12.3. The number of aromatic hydroxyl groups is 1. The fraction of sp³-hybridized carbons (Fsp3) is 0. The summed E-state index contributed by atoms with van der Waals surface area (Å²) in [5.41, 5.74) is 6.99. The molecule has 3 aromatic carbocycles. The van der Waals surface area contributed by atoms with E-state index in [1.807, 2.05) is 12.1 Å². The number of halogens is 1. The minimum atomic E-state index is -0.589. The van der Waals surface area contributed by atoms with E-state index in [0.29, 0.717) is 27.5 Å². The van der Waals surface area contributed by atoms with E-state index in [4.69, 9.17) is 17.3 Å². The van der Waals surface area contributed by atoms with Crippen LogP contribution in [0.3, 0.4) is 0 Å². The van der Waals surface area contributed by atoms with Crippen molar-refractivity contribution < 1.29 is 9.90 Å². The fourth-order valence-corrected chi connectivity index (χ4v) is 2.70. The third kappa shape index (κ3) is 3.94. The van der Waals surface area contributed by atoms with Crippen molar-refractivity contribution >= 4 is 45.3 Å². The highest BCUT2D eigenvalue weighted by atomic mass is 35.5. The van der Waals surface area contributed by atoms with Crippen LogP contribution >= 0.6 is 11.6 Å². The molecule has 0 aliphatic rings. The highest BCUT2D eigenvalue weighted by Crippen LogP contribution is 2.30. The summed E-state index contributed by atoms with van der Waals surface area (Å²) < 4.78 is 0. The van der Waals surface area contributed by atoms with Crippen molar-refractivity contribution in [1.29, 1.82) is 5.26 Å². The lowest BCUT2D eigenvalue weighted by atomic mass is 10.1. The van der Waals surface area contributed by atoms with Crippen LogP contribution < -0.4 is 16.4 Å². The van der Waals surface area contributed by atoms with Crippen LogP contribution in [0.2, 0.25) is 5.02 Å². The Morgan fingerprint density at radius 2 is 1.89 bits per heavy atom. The molecule has 0 fully saturated rings. The Bertz CT molecular complexity index is 1100. The van der Waals surface area contributed by atoms with Crippen LogP contribution in [-0.2, 0) is 4.79 Å². The fourth-order valence-electron chi connectivity index (χ4n) is 2.52. The molecule has 0 saturated carbocycles. The van der Waals surface area contributed by atoms with Crippen LogP contribution in [0.5, 0.6) is 5.75 Å². The molecule has 27 heavy (non-hydrogen) atoms. The lowest BCUT2D eigenvalue weighted by Crippen LogP contribution is -2.14. The molecule has 0 aliphatic carbocycles. The van der Waals surface area contributed by atoms with E-state index in [-0.39, 0.29) is 11.3 Å². The maximum absolute atomic E-state index is 12.3. The Morgan fingerprint density at radius 3 is 2.63 bits per heavy atom. The Hall–Kier alpha value is -3.69. The van der Waals surface area contributed by atoms with Crippen molar-refractivity contribution in [2.75, 3.05) is 16.4 Å². The average Bonchev–Trinajstić information content (AvgIpc) is 2.66. The number of nitriles is 1. The van der Waals surface area contributed by atoms with Crippen LogP contribution in [0.25, 0.3) is 10.8 Å². The molecule has 0 spiro atoms. The molecule has 0 radical (unpaired) electrons. The van der Waals surface area contributed by atoms with Gasteiger partial charge in [0.15, 0.2) is 0 Å². The van der Waals surface area contributed by atoms with E-state index in [1.165, 1.54) is 12.3 Å². The van der Waals surface area contributed by atoms with Crippen molar-refractivity contribution in [3.05, 3.63) is 71.4 Å². The number of carbonyl (C=O) groups excluding carboxylic acids is 1. The predicted molar refractivity (Wildman–Crippen MR) is 107 cm³/mol. The van der Waals surface area contributed by atoms with Gasteiger partial charge in [0, 0.05) is 28.3 Å². The quantitative estimate of drug-likeness (QED) is 0.308. The third-order valence-corrected chi connectivity index (χ3v) is 4.22. The molecule has 6 nitrogen and oxygen atoms in total. The van der Waals surface area contributed by atoms with Gasteiger partial charge in [-0.1, -0.05) is 35.9 Å². The minimum Gasteiger partial charge on any atom is -0.507 e. The summed E-state index contributed by atoms with van der Waals surface area (Å²) in [5, 5.41) is 26.5. The zero-order valence-electron chi connectivity index (χ0n) is 14.0. The molecule has 5 N–H and O–H groups in total. The number of hydrogen-bond donors (Lipinski definition) is 4. The van der Waals surface area contributed by atoms with Crippen LogP contribution in [0.1, 0.15) is 0 Å². The number of phenols is 1. The van der Waals surface area contributed by atoms with E-state index in [2.05, 4.69) is 10.6 Å². The Kier molecular flexibility index (Phi) is 5.15. The smallest absolute Gasteiger partial charge is 0.267 e. The second-order valence-electron chi connectivity index (χ2n) is 5.68. The number of fused-ring (bicyclic) bond motifs is 1. The van der Waals surface area contributed by atoms with Crippen molar-refractivity contribution in [3.8, 4) is 11.8 Å². The molecule has 0 aromatic heterocycles. The molecule has 0 saturated heterocycles. The van der Waals surface area contributed by atoms with Crippen LogP contribution in [0.4, 0.5) is 17.1 Å². The normalized spacial score (nSPS) is 11.0. The number of nitrogens with two attached hydrogens (primary N) is 1. The number of nitrogens with zero attached hydrogens (tertiary/aromatic N) is 1. The van der Waals surface area contributed by atoms with Gasteiger partial charge in [0.2, 0.25) is 0 Å². The van der Waals surface area contributed by atoms with Gasteiger partial charge in [-0.3, -0.25) is 4.79 Å². The van der Waals surface area contributed by atoms with Gasteiger partial charge >= 0.3 is 0 Å². The second-order valence-corrected chi connectivity index (χ2v) is 6.09. The van der Waals surface area contributed by atoms with E-state index >= 15 is 0 Å². The SMILES string of the molecule is N#C/C(=C/Nc1cccc2c(O)cccc12)C(=O)Nc1ccc(N)c(Cl)c1. The van der Waals surface area contributed by atoms with Gasteiger partial charge in [-0.25, -0.2) is 0 Å². The number of carbonyl (C=O) groups is 1. The third-order valence-electron chi connectivity index (χ3n) is 3.89. The standard InChI is InChI=1S/C20H15ClN4O2/c21-16-9-13(7-8-17(16)23)25-20(27)12(10-22)11-24-18-5-1-4-15-14(18)3-2-6-19(15)26/h1-9,11,24,26H,23H2,(H,25,27)/b12-11-. The van der Waals surface area contributed by atoms with Crippen LogP contribution in [0, 0.1) is 11.3 Å². The van der Waals surface area contributed by atoms with Gasteiger partial charge < -0.3 is 21.5 Å². The van der Waals surface area contributed by atoms with Crippen molar-refractivity contribution in [1.82, 2.24) is 0 Å². The summed E-state index contributed by atoms with van der Waals surface area (Å²) >= 11 is 5.93. The zero-order valence-corrected chi connectivity index (χ0v) is 14.8. The highest BCUT2D eigenvalue weighted by molar-refractivity contribution is 6.33. The Morgan fingerprint density at radius 1 is 1.15 bits per heavy atom. The van der Waals surface area contributed by atoms with Gasteiger partial charge in [-0.05, 0) is 30.3 Å². The van der Waals surface area contributed by atoms with Crippen molar-refractivity contribution in [3.63, 3.8) is 0 Å². The molecule has 0 unspecified atom stereocenters. The summed E-state index contributed by atoms with van der Waals surface area (Å²) in [6.45, 7) is 0. The maximum Gasteiger partial charge on any atom is 0.267 e. The van der Waals surface area contributed by atoms with Crippen LogP contribution in [-0.4, -0.2) is 11.0 Å². The Balaban J connectivity index is 1.83. The molecule has 0 atom stereocenters. The van der Waals surface area contributed by atoms with E-state index < -0.39 is 5.91 Å². The second kappa shape index (κ2) is 7.68. The first kappa shape index (κ1) is 18.1. The molecule has 3 aromatic rings. The molecule has 1 amide bonds. The molecule has 0 aliphatic heterocycles. The number of hydrogen-bond acceptors (Lipinski definition) is 5. The monoisotopic (exact) mass is 378 g/mol. The largest absolute Gasteiger partial charge is 0.507 e. The molecular weight excluding hydrogens is 364 g/mol. The number of benzene rings is 3. The van der Waals surface area contributed by atoms with Gasteiger partial charge in [-0.2, -0.15) is 5.26 Å². The molecule has 3 rings (SSSR count). The molecule has 7 heteroatoms. The minimum absolute atomic E-state index is 0.125. The van der Waals surface area contributed by atoms with Gasteiger partial charge in [0.25, 0.3) is 5.91 Å². The number of phenolic OH excluding ortho intramolecular Hbond substituents is 1. The summed E-state index contributed by atoms with van der Waals surface area (Å²) in [6.07, 6.45) is 1.31. The number of anilines is 3. The van der Waals surface area contributed by atoms with Gasteiger partial charge in [-0.15, -0.1) is 0 Å². The van der Waals surface area contributed by atoms with Crippen molar-refractivity contribution in [2.45, 2.75) is 0 Å². The number of rotatable bonds is 4. The first-order chi connectivity index (χ1) is 13.0. The first-order valence-corrected chi connectivity index (χ1v) is 8.31. The topological polar surface area (TPSA) is 111 Å². The lowest BCUT2D eigenvalue weighted by molar-refractivity contribution is -0.112. The van der Waals surface area contributed by atoms with E-state index in [0.717, 1.165) is 5.39 Å². The molecule has 134 valence electrons. The van der Waals surface area contributed by atoms with Gasteiger partial charge in [0.1, 0.15) is 17.4 Å². The number of nitrogen functional groups attached to an aromatic ring is 1. The average molecular weight is 379 g/mol. The highest BCUT2D eigenvalue weighted by Gasteiger charge is 2.11. The number of nitrogens with one attached hydrogen (secondary N) is 2. The van der Waals surface area contributed by atoms with Crippen molar-refractivity contribution in [2.24, 2.45) is 0 Å². The molecule has 0 heterocycles. The van der Waals surface area contributed by atoms with E-state index in [1.54, 1.807) is 42.5 Å². The molecular formula is C20H15ClN4O2. The predicted octanol–water partition coefficient (Wildman–Crippen LogP) is 4.24. The van der Waals surface area contributed by atoms with Crippen LogP contribution in [0.15, 0.2) is 66.4 Å². The summed E-state index contributed by atoms with van der Waals surface area (Å²) in [6, 6.07) is 17.0. The summed E-state index contributed by atoms with van der Waals surface area (Å²) in [5.74, 6) is -0.437. The Labute approximate surface area is 160 Å². The number of amides is 1. The molecule has 0 bridgehead atoms. The lowest BCUT2D eigenvalue weighted by Gasteiger charge is -2.09. The van der Waals surface area contributed by atoms with E-state index in [9.17, 15) is 15.2 Å². The zero-order chi connectivity index (χ0) is 19.4. The summed E-state index contributed by atoms with van der Waals surface area (Å²) in [7, 11) is 0. The van der Waals surface area contributed by atoms with Gasteiger partial charge in [0.05, 0.1) is 10.7 Å². The summed E-state index contributed by atoms with van der Waals surface area (Å²) in [4.78, 5) is 12.3. The first-order valence-electron chi connectivity index (χ1n) is 7.93.